The summed E-state index contributed by atoms with van der Waals surface area (Å²) in [4.78, 5) is 11.4. The van der Waals surface area contributed by atoms with E-state index in [9.17, 15) is 4.79 Å². The Labute approximate surface area is 96.2 Å². The van der Waals surface area contributed by atoms with Crippen molar-refractivity contribution in [1.29, 1.82) is 0 Å². The number of allylic oxidation sites excluding steroid dienone is 1. The maximum atomic E-state index is 11.4. The molecule has 0 bridgehead atoms. The third-order valence-corrected chi connectivity index (χ3v) is 2.97. The molecule has 1 aromatic rings. The summed E-state index contributed by atoms with van der Waals surface area (Å²) in [5, 5.41) is 0. The first-order valence-electron chi connectivity index (χ1n) is 5.52. The molecule has 0 unspecified atom stereocenters. The molecule has 84 valence electrons. The van der Waals surface area contributed by atoms with Crippen molar-refractivity contribution in [2.24, 2.45) is 5.73 Å². The van der Waals surface area contributed by atoms with Crippen molar-refractivity contribution in [1.82, 2.24) is 0 Å². The molecule has 0 aromatic heterocycles. The van der Waals surface area contributed by atoms with E-state index < -0.39 is 0 Å². The number of benzene rings is 1. The lowest BCUT2D eigenvalue weighted by molar-refractivity contribution is -0.114. The number of carbonyl (C=O) groups is 1. The van der Waals surface area contributed by atoms with Gasteiger partial charge in [0.2, 0.25) is 0 Å². The molecule has 0 atom stereocenters. The quantitative estimate of drug-likeness (QED) is 0.722. The number of carbonyl (C=O) groups excluding carboxylic acids is 1. The van der Waals surface area contributed by atoms with Gasteiger partial charge < -0.3 is 5.73 Å². The minimum absolute atomic E-state index is 0.0912. The highest BCUT2D eigenvalue weighted by molar-refractivity contribution is 6.01. The summed E-state index contributed by atoms with van der Waals surface area (Å²) in [5.74, 6) is 0.0912. The molecule has 2 N–H and O–H groups in total. The minimum Gasteiger partial charge on any atom is -0.398 e. The van der Waals surface area contributed by atoms with Gasteiger partial charge in [-0.2, -0.15) is 0 Å². The molecule has 0 fully saturated rings. The Balaban J connectivity index is 2.54. The lowest BCUT2D eigenvalue weighted by Crippen LogP contribution is -2.17. The normalized spacial score (nSPS) is 15.7. The summed E-state index contributed by atoms with van der Waals surface area (Å²) < 4.78 is 0. The predicted octanol–water partition coefficient (Wildman–Crippen LogP) is 2.41. The van der Waals surface area contributed by atoms with Gasteiger partial charge in [0.15, 0.2) is 5.78 Å². The van der Waals surface area contributed by atoms with E-state index in [4.69, 9.17) is 5.73 Å². The van der Waals surface area contributed by atoms with Crippen LogP contribution in [-0.2, 0) is 16.6 Å². The van der Waals surface area contributed by atoms with E-state index in [-0.39, 0.29) is 11.2 Å². The first kappa shape index (κ1) is 10.9. The van der Waals surface area contributed by atoms with Crippen LogP contribution in [0.2, 0.25) is 0 Å². The van der Waals surface area contributed by atoms with Crippen LogP contribution in [0.5, 0.6) is 0 Å². The van der Waals surface area contributed by atoms with E-state index >= 15 is 0 Å². The van der Waals surface area contributed by atoms with Gasteiger partial charge in [0.05, 0.1) is 0 Å². The topological polar surface area (TPSA) is 43.1 Å². The highest BCUT2D eigenvalue weighted by atomic mass is 16.1. The van der Waals surface area contributed by atoms with E-state index in [0.29, 0.717) is 12.1 Å². The Kier molecular flexibility index (Phi) is 2.38. The minimum atomic E-state index is 0.0912. The maximum absolute atomic E-state index is 11.4. The van der Waals surface area contributed by atoms with Gasteiger partial charge in [0, 0.05) is 23.8 Å². The van der Waals surface area contributed by atoms with Gasteiger partial charge in [0.25, 0.3) is 0 Å². The monoisotopic (exact) mass is 215 g/mol. The van der Waals surface area contributed by atoms with E-state index in [1.807, 2.05) is 6.07 Å². The number of fused-ring (bicyclic) bond motifs is 1. The number of hydrogen-bond acceptors (Lipinski definition) is 2. The fraction of sp³-hybridized carbons (Fsp3) is 0.357. The van der Waals surface area contributed by atoms with Gasteiger partial charge in [-0.3, -0.25) is 4.79 Å². The zero-order valence-electron chi connectivity index (χ0n) is 10.0. The second-order valence-corrected chi connectivity index (χ2v) is 5.36. The summed E-state index contributed by atoms with van der Waals surface area (Å²) >= 11 is 0. The van der Waals surface area contributed by atoms with Gasteiger partial charge in [-0.05, 0) is 22.6 Å². The summed E-state index contributed by atoms with van der Waals surface area (Å²) in [6.45, 7) is 6.51. The van der Waals surface area contributed by atoms with Gasteiger partial charge in [-0.25, -0.2) is 0 Å². The second-order valence-electron chi connectivity index (χ2n) is 5.36. The van der Waals surface area contributed by atoms with Gasteiger partial charge >= 0.3 is 0 Å². The fourth-order valence-corrected chi connectivity index (χ4v) is 1.96. The predicted molar refractivity (Wildman–Crippen MR) is 66.0 cm³/mol. The number of hydrogen-bond donors (Lipinski definition) is 1. The van der Waals surface area contributed by atoms with Crippen molar-refractivity contribution in [3.63, 3.8) is 0 Å². The smallest absolute Gasteiger partial charge is 0.162 e. The van der Waals surface area contributed by atoms with Crippen molar-refractivity contribution in [3.8, 4) is 0 Å². The molecule has 0 radical (unpaired) electrons. The lowest BCUT2D eigenvalue weighted by Gasteiger charge is -2.22. The molecule has 0 amide bonds. The second kappa shape index (κ2) is 3.48. The zero-order chi connectivity index (χ0) is 11.9. The Morgan fingerprint density at radius 1 is 1.25 bits per heavy atom. The first-order chi connectivity index (χ1) is 7.38. The average Bonchev–Trinajstić information content (AvgIpc) is 2.15. The van der Waals surface area contributed by atoms with Crippen molar-refractivity contribution < 1.29 is 4.79 Å². The van der Waals surface area contributed by atoms with Crippen LogP contribution in [-0.4, -0.2) is 5.78 Å². The Morgan fingerprint density at radius 3 is 2.56 bits per heavy atom. The van der Waals surface area contributed by atoms with E-state index in [0.717, 1.165) is 11.1 Å². The highest BCUT2D eigenvalue weighted by Gasteiger charge is 2.19. The van der Waals surface area contributed by atoms with Gasteiger partial charge in [0.1, 0.15) is 0 Å². The fourth-order valence-electron chi connectivity index (χ4n) is 1.96. The third-order valence-electron chi connectivity index (χ3n) is 2.97. The van der Waals surface area contributed by atoms with Gasteiger partial charge in [-0.15, -0.1) is 0 Å². The Bertz CT molecular complexity index is 478. The van der Waals surface area contributed by atoms with Crippen molar-refractivity contribution in [3.05, 3.63) is 41.0 Å². The molecule has 0 aliphatic heterocycles. The van der Waals surface area contributed by atoms with Crippen LogP contribution in [0.3, 0.4) is 0 Å². The van der Waals surface area contributed by atoms with Crippen LogP contribution in [0.4, 0.5) is 0 Å². The van der Waals surface area contributed by atoms with Crippen LogP contribution in [0.25, 0.3) is 5.70 Å². The van der Waals surface area contributed by atoms with Crippen LogP contribution in [0.1, 0.15) is 37.5 Å². The standard InChI is InChI=1S/C14H17NO/c1-14(2,3)10-5-4-9-6-11(16)8-13(15)12(9)7-10/h4-5,7-8H,6,15H2,1-3H3. The van der Waals surface area contributed by atoms with E-state index in [1.54, 1.807) is 0 Å². The molecule has 2 nitrogen and oxygen atoms in total. The SMILES string of the molecule is CC(C)(C)c1ccc2c(c1)C(N)=CC(=O)C2. The van der Waals surface area contributed by atoms with Crippen LogP contribution in [0.15, 0.2) is 24.3 Å². The average molecular weight is 215 g/mol. The molecule has 2 rings (SSSR count). The summed E-state index contributed by atoms with van der Waals surface area (Å²) in [6.07, 6.45) is 2.01. The molecule has 16 heavy (non-hydrogen) atoms. The molecule has 0 spiro atoms. The number of nitrogens with two attached hydrogens (primary N) is 1. The highest BCUT2D eigenvalue weighted by Crippen LogP contribution is 2.28. The van der Waals surface area contributed by atoms with Crippen molar-refractivity contribution in [2.45, 2.75) is 32.6 Å². The Hall–Kier alpha value is -1.57. The van der Waals surface area contributed by atoms with Crippen molar-refractivity contribution >= 4 is 11.5 Å². The third kappa shape index (κ3) is 1.87. The maximum Gasteiger partial charge on any atom is 0.162 e. The molecule has 1 aliphatic carbocycles. The van der Waals surface area contributed by atoms with Crippen LogP contribution < -0.4 is 5.73 Å². The van der Waals surface area contributed by atoms with E-state index in [1.165, 1.54) is 11.6 Å². The molecule has 1 aliphatic rings. The van der Waals surface area contributed by atoms with Crippen LogP contribution in [0, 0.1) is 0 Å². The van der Waals surface area contributed by atoms with Crippen molar-refractivity contribution in [2.75, 3.05) is 0 Å². The molecular formula is C14H17NO. The lowest BCUT2D eigenvalue weighted by atomic mass is 9.83. The van der Waals surface area contributed by atoms with E-state index in [2.05, 4.69) is 32.9 Å². The Morgan fingerprint density at radius 2 is 1.94 bits per heavy atom. The summed E-state index contributed by atoms with van der Waals surface area (Å²) in [5.41, 5.74) is 9.90. The number of rotatable bonds is 0. The number of ketones is 1. The zero-order valence-corrected chi connectivity index (χ0v) is 10.0. The molecule has 1 aromatic carbocycles. The first-order valence-corrected chi connectivity index (χ1v) is 5.52. The molecule has 2 heteroatoms. The van der Waals surface area contributed by atoms with Crippen LogP contribution >= 0.6 is 0 Å². The summed E-state index contributed by atoms with van der Waals surface area (Å²) in [6, 6.07) is 6.21. The molecule has 0 heterocycles. The molecular weight excluding hydrogens is 198 g/mol. The molecule has 0 saturated heterocycles. The van der Waals surface area contributed by atoms with Gasteiger partial charge in [-0.1, -0.05) is 32.9 Å². The largest absolute Gasteiger partial charge is 0.398 e. The molecule has 0 saturated carbocycles. The summed E-state index contributed by atoms with van der Waals surface area (Å²) in [7, 11) is 0.